The van der Waals surface area contributed by atoms with Crippen LogP contribution in [0.1, 0.15) is 10.4 Å². The summed E-state index contributed by atoms with van der Waals surface area (Å²) >= 11 is 0. The second-order valence-electron chi connectivity index (χ2n) is 3.24. The Morgan fingerprint density at radius 2 is 1.94 bits per heavy atom. The van der Waals surface area contributed by atoms with Gasteiger partial charge in [0.1, 0.15) is 0 Å². The molecule has 0 saturated carbocycles. The topological polar surface area (TPSA) is 39.2 Å². The first-order chi connectivity index (χ1) is 7.99. The molecule has 2 aromatic rings. The van der Waals surface area contributed by atoms with Gasteiger partial charge in [-0.2, -0.15) is 0 Å². The predicted molar refractivity (Wildman–Crippen MR) is 53.8 cm³/mol. The highest BCUT2D eigenvalue weighted by Crippen LogP contribution is 2.26. The van der Waals surface area contributed by atoms with Gasteiger partial charge in [0, 0.05) is 5.39 Å². The van der Waals surface area contributed by atoms with E-state index < -0.39 is 12.2 Å². The highest BCUT2D eigenvalue weighted by atomic mass is 19.4. The maximum absolute atomic E-state index is 12.1. The van der Waals surface area contributed by atoms with Crippen LogP contribution in [0.15, 0.2) is 30.3 Å². The highest BCUT2D eigenvalue weighted by molar-refractivity contribution is 5.88. The van der Waals surface area contributed by atoms with Crippen LogP contribution >= 0.6 is 0 Å². The Labute approximate surface area is 93.8 Å². The Kier molecular flexibility index (Phi) is 2.71. The quantitative estimate of drug-likeness (QED) is 0.759. The first kappa shape index (κ1) is 11.4. The Morgan fingerprint density at radius 3 is 2.59 bits per heavy atom. The summed E-state index contributed by atoms with van der Waals surface area (Å²) in [5.41, 5.74) is 0.0957. The van der Waals surface area contributed by atoms with Crippen LogP contribution in [0.5, 0.6) is 5.88 Å². The monoisotopic (exact) mass is 241 g/mol. The van der Waals surface area contributed by atoms with Gasteiger partial charge in [-0.25, -0.2) is 4.98 Å². The molecule has 1 aromatic heterocycles. The number of halogens is 3. The molecule has 0 amide bonds. The van der Waals surface area contributed by atoms with Gasteiger partial charge in [0.25, 0.3) is 0 Å². The van der Waals surface area contributed by atoms with Crippen LogP contribution in [0.3, 0.4) is 0 Å². The van der Waals surface area contributed by atoms with E-state index >= 15 is 0 Å². The smallest absolute Gasteiger partial charge is 0.387 e. The third-order valence-corrected chi connectivity index (χ3v) is 2.06. The summed E-state index contributed by atoms with van der Waals surface area (Å²) in [5, 5.41) is 0.573. The number of benzene rings is 1. The molecule has 3 nitrogen and oxygen atoms in total. The zero-order valence-electron chi connectivity index (χ0n) is 8.36. The number of hydrogen-bond acceptors (Lipinski definition) is 3. The molecule has 0 radical (unpaired) electrons. The minimum atomic E-state index is -4.87. The number of para-hydroxylation sites is 1. The number of nitrogens with zero attached hydrogens (tertiary/aromatic N) is 1. The summed E-state index contributed by atoms with van der Waals surface area (Å²) in [7, 11) is 0. The number of alkyl halides is 3. The zero-order chi connectivity index (χ0) is 12.5. The van der Waals surface area contributed by atoms with Crippen molar-refractivity contribution in [3.05, 3.63) is 35.9 Å². The summed E-state index contributed by atoms with van der Waals surface area (Å²) in [5.74, 6) is -0.730. The molecule has 0 bridgehead atoms. The average molecular weight is 241 g/mol. The molecular formula is C11H6F3NO2. The van der Waals surface area contributed by atoms with Crippen molar-refractivity contribution in [3.8, 4) is 5.88 Å². The van der Waals surface area contributed by atoms with Crippen molar-refractivity contribution in [2.24, 2.45) is 0 Å². The molecule has 6 heteroatoms. The lowest BCUT2D eigenvalue weighted by atomic mass is 10.1. The Hall–Kier alpha value is -2.11. The zero-order valence-corrected chi connectivity index (χ0v) is 8.36. The molecule has 0 spiro atoms. The number of aldehydes is 1. The molecule has 0 aliphatic carbocycles. The van der Waals surface area contributed by atoms with E-state index in [1.165, 1.54) is 12.1 Å². The maximum atomic E-state index is 12.1. The fourth-order valence-electron chi connectivity index (χ4n) is 1.39. The van der Waals surface area contributed by atoms with Crippen molar-refractivity contribution in [1.29, 1.82) is 0 Å². The second-order valence-corrected chi connectivity index (χ2v) is 3.24. The second kappa shape index (κ2) is 4.04. The average Bonchev–Trinajstić information content (AvgIpc) is 2.26. The van der Waals surface area contributed by atoms with Crippen molar-refractivity contribution >= 4 is 17.2 Å². The van der Waals surface area contributed by atoms with E-state index in [4.69, 9.17) is 0 Å². The van der Waals surface area contributed by atoms with Crippen LogP contribution in [0.4, 0.5) is 13.2 Å². The largest absolute Gasteiger partial charge is 0.574 e. The van der Waals surface area contributed by atoms with E-state index in [0.29, 0.717) is 10.9 Å². The number of fused-ring (bicyclic) bond motifs is 1. The van der Waals surface area contributed by atoms with Gasteiger partial charge in [-0.3, -0.25) is 4.79 Å². The SMILES string of the molecule is O=Cc1cc2ccccc2nc1OC(F)(F)F. The van der Waals surface area contributed by atoms with Crippen molar-refractivity contribution in [3.63, 3.8) is 0 Å². The number of pyridine rings is 1. The molecular weight excluding hydrogens is 235 g/mol. The predicted octanol–water partition coefficient (Wildman–Crippen LogP) is 2.95. The number of ether oxygens (including phenoxy) is 1. The molecule has 1 heterocycles. The molecule has 0 fully saturated rings. The van der Waals surface area contributed by atoms with Crippen molar-refractivity contribution in [2.45, 2.75) is 6.36 Å². The third-order valence-electron chi connectivity index (χ3n) is 2.06. The number of aromatic nitrogens is 1. The number of hydrogen-bond donors (Lipinski definition) is 0. The van der Waals surface area contributed by atoms with Crippen LogP contribution in [0.25, 0.3) is 10.9 Å². The molecule has 0 aliphatic heterocycles. The Morgan fingerprint density at radius 1 is 1.24 bits per heavy atom. The fraction of sp³-hybridized carbons (Fsp3) is 0.0909. The van der Waals surface area contributed by atoms with E-state index in [2.05, 4.69) is 9.72 Å². The number of rotatable bonds is 2. The van der Waals surface area contributed by atoms with Crippen LogP contribution in [0.2, 0.25) is 0 Å². The van der Waals surface area contributed by atoms with Crippen molar-refractivity contribution in [1.82, 2.24) is 4.98 Å². The van der Waals surface area contributed by atoms with E-state index in [-0.39, 0.29) is 11.8 Å². The van der Waals surface area contributed by atoms with E-state index in [0.717, 1.165) is 0 Å². The van der Waals surface area contributed by atoms with Crippen LogP contribution in [0, 0.1) is 0 Å². The van der Waals surface area contributed by atoms with Gasteiger partial charge >= 0.3 is 6.36 Å². The summed E-state index contributed by atoms with van der Waals surface area (Å²) < 4.78 is 39.9. The van der Waals surface area contributed by atoms with Gasteiger partial charge in [0.2, 0.25) is 5.88 Å². The van der Waals surface area contributed by atoms with Crippen molar-refractivity contribution in [2.75, 3.05) is 0 Å². The maximum Gasteiger partial charge on any atom is 0.574 e. The van der Waals surface area contributed by atoms with Gasteiger partial charge in [0.05, 0.1) is 11.1 Å². The third kappa shape index (κ3) is 2.52. The van der Waals surface area contributed by atoms with Gasteiger partial charge in [-0.1, -0.05) is 18.2 Å². The first-order valence-electron chi connectivity index (χ1n) is 4.60. The summed E-state index contributed by atoms with van der Waals surface area (Å²) in [6.07, 6.45) is -4.59. The normalized spacial score (nSPS) is 11.5. The molecule has 0 atom stereocenters. The molecule has 88 valence electrons. The first-order valence-corrected chi connectivity index (χ1v) is 4.60. The Bertz CT molecular complexity index is 566. The molecule has 1 aromatic carbocycles. The number of carbonyl (C=O) groups is 1. The molecule has 0 N–H and O–H groups in total. The molecule has 17 heavy (non-hydrogen) atoms. The molecule has 0 saturated heterocycles. The minimum Gasteiger partial charge on any atom is -0.387 e. The molecule has 0 unspecified atom stereocenters. The lowest BCUT2D eigenvalue weighted by molar-refractivity contribution is -0.276. The van der Waals surface area contributed by atoms with Gasteiger partial charge in [0.15, 0.2) is 6.29 Å². The summed E-state index contributed by atoms with van der Waals surface area (Å²) in [6, 6.07) is 7.81. The van der Waals surface area contributed by atoms with Crippen LogP contribution < -0.4 is 4.74 Å². The van der Waals surface area contributed by atoms with E-state index in [1.54, 1.807) is 18.2 Å². The lowest BCUT2D eigenvalue weighted by Gasteiger charge is -2.10. The summed E-state index contributed by atoms with van der Waals surface area (Å²) in [4.78, 5) is 14.3. The van der Waals surface area contributed by atoms with Gasteiger partial charge < -0.3 is 4.74 Å². The standard InChI is InChI=1S/C11H6F3NO2/c12-11(13,14)17-10-8(6-16)5-7-3-1-2-4-9(7)15-10/h1-6H. The fourth-order valence-corrected chi connectivity index (χ4v) is 1.39. The summed E-state index contributed by atoms with van der Waals surface area (Å²) in [6.45, 7) is 0. The van der Waals surface area contributed by atoms with Crippen molar-refractivity contribution < 1.29 is 22.7 Å². The molecule has 0 aliphatic rings. The van der Waals surface area contributed by atoms with Crippen LogP contribution in [-0.2, 0) is 0 Å². The minimum absolute atomic E-state index is 0.235. The lowest BCUT2D eigenvalue weighted by Crippen LogP contribution is -2.19. The van der Waals surface area contributed by atoms with Crippen LogP contribution in [-0.4, -0.2) is 17.6 Å². The highest BCUT2D eigenvalue weighted by Gasteiger charge is 2.33. The van der Waals surface area contributed by atoms with E-state index in [1.807, 2.05) is 0 Å². The number of carbonyl (C=O) groups excluding carboxylic acids is 1. The Balaban J connectivity index is 2.57. The van der Waals surface area contributed by atoms with E-state index in [9.17, 15) is 18.0 Å². The van der Waals surface area contributed by atoms with Gasteiger partial charge in [-0.05, 0) is 12.1 Å². The molecule has 2 rings (SSSR count). The van der Waals surface area contributed by atoms with Gasteiger partial charge in [-0.15, -0.1) is 13.2 Å².